The minimum absolute atomic E-state index is 0.145. The molecule has 5 heteroatoms. The molecule has 2 unspecified atom stereocenters. The predicted molar refractivity (Wildman–Crippen MR) is 84.0 cm³/mol. The SMILES string of the molecule is Cc1cc(C(Br)C2CCCCS2(=O)=O)c(C)cc1Cl. The lowest BCUT2D eigenvalue weighted by Crippen LogP contribution is -2.32. The van der Waals surface area contributed by atoms with Crippen molar-refractivity contribution in [2.45, 2.75) is 43.2 Å². The number of benzene rings is 1. The fraction of sp³-hybridized carbons (Fsp3) is 0.571. The standard InChI is InChI=1S/C14H18BrClO2S/c1-9-8-12(16)10(2)7-11(9)14(15)13-5-3-4-6-19(13,17)18/h7-8,13-14H,3-6H2,1-2H3. The van der Waals surface area contributed by atoms with Crippen molar-refractivity contribution in [1.29, 1.82) is 0 Å². The van der Waals surface area contributed by atoms with Crippen LogP contribution in [0.4, 0.5) is 0 Å². The van der Waals surface area contributed by atoms with Crippen molar-refractivity contribution in [2.75, 3.05) is 5.75 Å². The van der Waals surface area contributed by atoms with Crippen LogP contribution in [0.1, 0.15) is 40.8 Å². The maximum atomic E-state index is 12.2. The van der Waals surface area contributed by atoms with E-state index in [4.69, 9.17) is 11.6 Å². The molecule has 2 atom stereocenters. The summed E-state index contributed by atoms with van der Waals surface area (Å²) in [6.07, 6.45) is 2.51. The van der Waals surface area contributed by atoms with E-state index >= 15 is 0 Å². The summed E-state index contributed by atoms with van der Waals surface area (Å²) in [6, 6.07) is 3.91. The molecule has 19 heavy (non-hydrogen) atoms. The summed E-state index contributed by atoms with van der Waals surface area (Å²) in [5.74, 6) is 0.311. The van der Waals surface area contributed by atoms with E-state index in [-0.39, 0.29) is 10.1 Å². The van der Waals surface area contributed by atoms with E-state index in [1.807, 2.05) is 26.0 Å². The molecular formula is C14H18BrClO2S. The van der Waals surface area contributed by atoms with Crippen LogP contribution in [-0.2, 0) is 9.84 Å². The molecule has 0 bridgehead atoms. The summed E-state index contributed by atoms with van der Waals surface area (Å²) < 4.78 is 24.4. The number of rotatable bonds is 2. The Morgan fingerprint density at radius 3 is 2.58 bits per heavy atom. The number of sulfone groups is 1. The lowest BCUT2D eigenvalue weighted by atomic mass is 9.99. The molecule has 0 aromatic heterocycles. The largest absolute Gasteiger partial charge is 0.228 e. The average Bonchev–Trinajstić information content (AvgIpc) is 2.32. The van der Waals surface area contributed by atoms with Crippen LogP contribution in [0.3, 0.4) is 0 Å². The Kier molecular flexibility index (Phi) is 4.63. The molecule has 0 N–H and O–H groups in total. The summed E-state index contributed by atoms with van der Waals surface area (Å²) in [5.41, 5.74) is 3.07. The van der Waals surface area contributed by atoms with Gasteiger partial charge >= 0.3 is 0 Å². The Bertz CT molecular complexity index is 583. The molecule has 1 aliphatic rings. The van der Waals surface area contributed by atoms with Gasteiger partial charge in [0.25, 0.3) is 0 Å². The third-order valence-electron chi connectivity index (χ3n) is 3.80. The number of hydrogen-bond acceptors (Lipinski definition) is 2. The predicted octanol–water partition coefficient (Wildman–Crippen LogP) is 4.36. The van der Waals surface area contributed by atoms with Gasteiger partial charge in [0, 0.05) is 5.02 Å². The van der Waals surface area contributed by atoms with E-state index in [2.05, 4.69) is 15.9 Å². The van der Waals surface area contributed by atoms with Crippen LogP contribution >= 0.6 is 27.5 Å². The Labute approximate surface area is 128 Å². The summed E-state index contributed by atoms with van der Waals surface area (Å²) >= 11 is 9.71. The van der Waals surface area contributed by atoms with Gasteiger partial charge in [-0.05, 0) is 49.4 Å². The third-order valence-corrected chi connectivity index (χ3v) is 7.98. The van der Waals surface area contributed by atoms with Crippen LogP contribution in [-0.4, -0.2) is 19.4 Å². The second-order valence-corrected chi connectivity index (χ2v) is 8.99. The van der Waals surface area contributed by atoms with E-state index in [0.29, 0.717) is 5.75 Å². The number of hydrogen-bond donors (Lipinski definition) is 0. The van der Waals surface area contributed by atoms with Crippen LogP contribution in [0.5, 0.6) is 0 Å². The first-order valence-corrected chi connectivity index (χ1v) is 9.46. The second-order valence-electron chi connectivity index (χ2n) is 5.26. The number of halogens is 2. The van der Waals surface area contributed by atoms with E-state index < -0.39 is 9.84 Å². The van der Waals surface area contributed by atoms with Gasteiger partial charge < -0.3 is 0 Å². The van der Waals surface area contributed by atoms with Gasteiger partial charge in [-0.15, -0.1) is 0 Å². The van der Waals surface area contributed by atoms with Crippen LogP contribution in [0.2, 0.25) is 5.02 Å². The normalized spacial score (nSPS) is 24.1. The Morgan fingerprint density at radius 2 is 1.95 bits per heavy atom. The average molecular weight is 366 g/mol. The fourth-order valence-electron chi connectivity index (χ4n) is 2.61. The summed E-state index contributed by atoms with van der Waals surface area (Å²) in [5, 5.41) is 0.410. The lowest BCUT2D eigenvalue weighted by molar-refractivity contribution is 0.536. The minimum atomic E-state index is -2.99. The highest BCUT2D eigenvalue weighted by atomic mass is 79.9. The van der Waals surface area contributed by atoms with Gasteiger partial charge in [0.2, 0.25) is 0 Å². The molecule has 0 saturated carbocycles. The molecule has 1 saturated heterocycles. The second kappa shape index (κ2) is 5.74. The lowest BCUT2D eigenvalue weighted by Gasteiger charge is -2.28. The Hall–Kier alpha value is -0.0600. The Balaban J connectivity index is 2.39. The van der Waals surface area contributed by atoms with Crippen molar-refractivity contribution in [1.82, 2.24) is 0 Å². The van der Waals surface area contributed by atoms with Gasteiger partial charge in [-0.2, -0.15) is 0 Å². The van der Waals surface area contributed by atoms with Crippen LogP contribution in [0, 0.1) is 13.8 Å². The van der Waals surface area contributed by atoms with Crippen LogP contribution in [0.15, 0.2) is 12.1 Å². The van der Waals surface area contributed by atoms with E-state index in [1.54, 1.807) is 0 Å². The van der Waals surface area contributed by atoms with E-state index in [1.165, 1.54) is 0 Å². The van der Waals surface area contributed by atoms with Crippen molar-refractivity contribution in [3.05, 3.63) is 33.8 Å². The molecule has 106 valence electrons. The smallest absolute Gasteiger partial charge is 0.154 e. The molecule has 0 radical (unpaired) electrons. The van der Waals surface area contributed by atoms with Crippen LogP contribution in [0.25, 0.3) is 0 Å². The van der Waals surface area contributed by atoms with Gasteiger partial charge in [0.15, 0.2) is 9.84 Å². The zero-order valence-electron chi connectivity index (χ0n) is 11.1. The number of alkyl halides is 1. The van der Waals surface area contributed by atoms with E-state index in [0.717, 1.165) is 41.0 Å². The zero-order chi connectivity index (χ0) is 14.2. The van der Waals surface area contributed by atoms with Crippen molar-refractivity contribution in [3.8, 4) is 0 Å². The highest BCUT2D eigenvalue weighted by Crippen LogP contribution is 2.39. The number of aryl methyl sites for hydroxylation is 2. The Morgan fingerprint density at radius 1 is 1.26 bits per heavy atom. The fourth-order valence-corrected chi connectivity index (χ4v) is 6.52. The summed E-state index contributed by atoms with van der Waals surface area (Å²) in [4.78, 5) is -0.145. The van der Waals surface area contributed by atoms with Crippen molar-refractivity contribution in [3.63, 3.8) is 0 Å². The maximum absolute atomic E-state index is 12.2. The van der Waals surface area contributed by atoms with Gasteiger partial charge in [-0.1, -0.05) is 40.0 Å². The maximum Gasteiger partial charge on any atom is 0.154 e. The first kappa shape index (κ1) is 15.3. The molecule has 1 aliphatic heterocycles. The molecule has 2 rings (SSSR count). The molecule has 1 aromatic carbocycles. The highest BCUT2D eigenvalue weighted by molar-refractivity contribution is 9.09. The summed E-state index contributed by atoms with van der Waals surface area (Å²) in [7, 11) is -2.99. The minimum Gasteiger partial charge on any atom is -0.228 e. The van der Waals surface area contributed by atoms with Gasteiger partial charge in [0.1, 0.15) is 0 Å². The zero-order valence-corrected chi connectivity index (χ0v) is 14.3. The van der Waals surface area contributed by atoms with Gasteiger partial charge in [0.05, 0.1) is 15.8 Å². The first-order chi connectivity index (χ1) is 8.83. The molecule has 1 aromatic rings. The summed E-state index contributed by atoms with van der Waals surface area (Å²) in [6.45, 7) is 3.92. The van der Waals surface area contributed by atoms with E-state index in [9.17, 15) is 8.42 Å². The molecule has 1 heterocycles. The molecule has 2 nitrogen and oxygen atoms in total. The topological polar surface area (TPSA) is 34.1 Å². The monoisotopic (exact) mass is 364 g/mol. The molecule has 0 aliphatic carbocycles. The quantitative estimate of drug-likeness (QED) is 0.730. The molecule has 0 amide bonds. The molecular weight excluding hydrogens is 348 g/mol. The highest BCUT2D eigenvalue weighted by Gasteiger charge is 2.35. The third kappa shape index (κ3) is 3.17. The van der Waals surface area contributed by atoms with Gasteiger partial charge in [-0.25, -0.2) is 8.42 Å². The van der Waals surface area contributed by atoms with Crippen molar-refractivity contribution in [2.24, 2.45) is 0 Å². The van der Waals surface area contributed by atoms with Crippen LogP contribution < -0.4 is 0 Å². The molecule has 0 spiro atoms. The van der Waals surface area contributed by atoms with Gasteiger partial charge in [-0.3, -0.25) is 0 Å². The molecule has 1 fully saturated rings. The van der Waals surface area contributed by atoms with Crippen molar-refractivity contribution < 1.29 is 8.42 Å². The first-order valence-electron chi connectivity index (χ1n) is 6.45. The van der Waals surface area contributed by atoms with Crippen molar-refractivity contribution >= 4 is 37.4 Å².